The number of hydrogen-bond acceptors (Lipinski definition) is 2. The summed E-state index contributed by atoms with van der Waals surface area (Å²) in [5, 5.41) is 2.09. The Bertz CT molecular complexity index is 170. The third-order valence-electron chi connectivity index (χ3n) is 1.02. The molecule has 1 heterocycles. The van der Waals surface area contributed by atoms with Crippen molar-refractivity contribution in [2.24, 2.45) is 5.73 Å². The van der Waals surface area contributed by atoms with E-state index < -0.39 is 0 Å². The number of hydrogen-bond donors (Lipinski definition) is 1. The van der Waals surface area contributed by atoms with Gasteiger partial charge in [0.1, 0.15) is 0 Å². The summed E-state index contributed by atoms with van der Waals surface area (Å²) in [6.45, 7) is 6.76. The molecule has 0 saturated carbocycles. The molecular formula is C8H15NS. The standard InChI is InChI=1S/C6H9NS.C2H6/c1-5-2-6(3-7)4-8-5;1-2/h2,4H,3,7H2,1H3;1-2H3. The first-order valence-electron chi connectivity index (χ1n) is 3.57. The Kier molecular flexibility index (Phi) is 5.26. The van der Waals surface area contributed by atoms with Crippen molar-refractivity contribution >= 4 is 11.3 Å². The molecule has 58 valence electrons. The first kappa shape index (κ1) is 9.66. The summed E-state index contributed by atoms with van der Waals surface area (Å²) in [4.78, 5) is 1.34. The Hall–Kier alpha value is -0.340. The van der Waals surface area contributed by atoms with Crippen molar-refractivity contribution in [1.29, 1.82) is 0 Å². The van der Waals surface area contributed by atoms with Crippen LogP contribution in [0.3, 0.4) is 0 Å². The monoisotopic (exact) mass is 157 g/mol. The van der Waals surface area contributed by atoms with Crippen molar-refractivity contribution in [2.75, 3.05) is 0 Å². The van der Waals surface area contributed by atoms with E-state index in [-0.39, 0.29) is 0 Å². The molecule has 0 bridgehead atoms. The first-order chi connectivity index (χ1) is 4.83. The lowest BCUT2D eigenvalue weighted by atomic mass is 10.3. The van der Waals surface area contributed by atoms with Gasteiger partial charge < -0.3 is 5.73 Å². The molecule has 1 aromatic rings. The SMILES string of the molecule is CC.Cc1cc(CN)cs1. The maximum absolute atomic E-state index is 5.37. The van der Waals surface area contributed by atoms with Crippen LogP contribution in [-0.2, 0) is 6.54 Å². The summed E-state index contributed by atoms with van der Waals surface area (Å²) in [5.74, 6) is 0. The normalized spacial score (nSPS) is 8.40. The maximum Gasteiger partial charge on any atom is 0.0186 e. The summed E-state index contributed by atoms with van der Waals surface area (Å²) < 4.78 is 0. The van der Waals surface area contributed by atoms with Gasteiger partial charge in [0, 0.05) is 11.4 Å². The molecule has 1 rings (SSSR count). The molecule has 0 aliphatic carbocycles. The van der Waals surface area contributed by atoms with Gasteiger partial charge in [0.15, 0.2) is 0 Å². The van der Waals surface area contributed by atoms with Gasteiger partial charge in [-0.2, -0.15) is 0 Å². The lowest BCUT2D eigenvalue weighted by molar-refractivity contribution is 1.08. The van der Waals surface area contributed by atoms with Crippen molar-refractivity contribution < 1.29 is 0 Å². The van der Waals surface area contributed by atoms with Gasteiger partial charge in [-0.1, -0.05) is 13.8 Å². The third kappa shape index (κ3) is 2.99. The Balaban J connectivity index is 0.000000371. The fraction of sp³-hybridized carbons (Fsp3) is 0.500. The number of aryl methyl sites for hydroxylation is 1. The smallest absolute Gasteiger partial charge is 0.0186 e. The topological polar surface area (TPSA) is 26.0 Å². The maximum atomic E-state index is 5.37. The summed E-state index contributed by atoms with van der Waals surface area (Å²) in [6, 6.07) is 2.12. The van der Waals surface area contributed by atoms with Gasteiger partial charge in [0.05, 0.1) is 0 Å². The minimum absolute atomic E-state index is 0.671. The van der Waals surface area contributed by atoms with E-state index in [1.165, 1.54) is 10.4 Å². The average molecular weight is 157 g/mol. The predicted molar refractivity (Wildman–Crippen MR) is 48.3 cm³/mol. The molecule has 2 heteroatoms. The van der Waals surface area contributed by atoms with E-state index in [1.54, 1.807) is 11.3 Å². The van der Waals surface area contributed by atoms with Crippen LogP contribution in [0.5, 0.6) is 0 Å². The lowest BCUT2D eigenvalue weighted by Crippen LogP contribution is -1.92. The van der Waals surface area contributed by atoms with Gasteiger partial charge in [-0.05, 0) is 23.9 Å². The van der Waals surface area contributed by atoms with E-state index >= 15 is 0 Å². The Labute approximate surface area is 66.9 Å². The molecule has 0 aliphatic rings. The quantitative estimate of drug-likeness (QED) is 0.666. The van der Waals surface area contributed by atoms with Crippen molar-refractivity contribution in [1.82, 2.24) is 0 Å². The number of nitrogens with two attached hydrogens (primary N) is 1. The molecule has 0 saturated heterocycles. The zero-order valence-corrected chi connectivity index (χ0v) is 7.66. The Morgan fingerprint density at radius 1 is 1.50 bits per heavy atom. The lowest BCUT2D eigenvalue weighted by Gasteiger charge is -1.81. The summed E-state index contributed by atoms with van der Waals surface area (Å²) in [7, 11) is 0. The third-order valence-corrected chi connectivity index (χ3v) is 1.93. The van der Waals surface area contributed by atoms with Crippen molar-refractivity contribution in [3.8, 4) is 0 Å². The average Bonchev–Trinajstić information content (AvgIpc) is 2.40. The van der Waals surface area contributed by atoms with Crippen LogP contribution in [0.1, 0.15) is 24.3 Å². The molecule has 2 N–H and O–H groups in total. The van der Waals surface area contributed by atoms with E-state index in [1.807, 2.05) is 13.8 Å². The second kappa shape index (κ2) is 5.45. The van der Waals surface area contributed by atoms with Gasteiger partial charge in [-0.15, -0.1) is 11.3 Å². The van der Waals surface area contributed by atoms with Crippen LogP contribution < -0.4 is 5.73 Å². The highest BCUT2D eigenvalue weighted by Gasteiger charge is 1.89. The van der Waals surface area contributed by atoms with Crippen LogP contribution in [-0.4, -0.2) is 0 Å². The molecule has 1 aromatic heterocycles. The van der Waals surface area contributed by atoms with Crippen LogP contribution >= 0.6 is 11.3 Å². The summed E-state index contributed by atoms with van der Waals surface area (Å²) in [6.07, 6.45) is 0. The van der Waals surface area contributed by atoms with Crippen molar-refractivity contribution in [3.63, 3.8) is 0 Å². The zero-order chi connectivity index (χ0) is 7.98. The second-order valence-corrected chi connectivity index (χ2v) is 2.89. The second-order valence-electron chi connectivity index (χ2n) is 1.77. The number of rotatable bonds is 1. The molecule has 1 nitrogen and oxygen atoms in total. The zero-order valence-electron chi connectivity index (χ0n) is 6.85. The molecule has 0 fully saturated rings. The molecule has 0 aromatic carbocycles. The molecule has 0 spiro atoms. The highest BCUT2D eigenvalue weighted by atomic mass is 32.1. The molecule has 0 atom stereocenters. The fourth-order valence-corrected chi connectivity index (χ4v) is 1.33. The van der Waals surface area contributed by atoms with E-state index in [0.29, 0.717) is 6.54 Å². The molecule has 0 radical (unpaired) electrons. The molecule has 0 amide bonds. The summed E-state index contributed by atoms with van der Waals surface area (Å²) >= 11 is 1.75. The Morgan fingerprint density at radius 2 is 2.10 bits per heavy atom. The van der Waals surface area contributed by atoms with Crippen LogP contribution in [0.4, 0.5) is 0 Å². The molecule has 0 aliphatic heterocycles. The minimum Gasteiger partial charge on any atom is -0.326 e. The van der Waals surface area contributed by atoms with Crippen molar-refractivity contribution in [2.45, 2.75) is 27.3 Å². The van der Waals surface area contributed by atoms with Gasteiger partial charge in [0.25, 0.3) is 0 Å². The van der Waals surface area contributed by atoms with Crippen LogP contribution in [0.25, 0.3) is 0 Å². The molecule has 0 unspecified atom stereocenters. The number of thiophene rings is 1. The largest absolute Gasteiger partial charge is 0.326 e. The summed E-state index contributed by atoms with van der Waals surface area (Å²) in [5.41, 5.74) is 6.61. The van der Waals surface area contributed by atoms with E-state index in [9.17, 15) is 0 Å². The molecule has 10 heavy (non-hydrogen) atoms. The minimum atomic E-state index is 0.671. The van der Waals surface area contributed by atoms with Gasteiger partial charge in [-0.3, -0.25) is 0 Å². The Morgan fingerprint density at radius 3 is 2.30 bits per heavy atom. The predicted octanol–water partition coefficient (Wildman–Crippen LogP) is 2.54. The molecular weight excluding hydrogens is 142 g/mol. The highest BCUT2D eigenvalue weighted by Crippen LogP contribution is 2.11. The van der Waals surface area contributed by atoms with Gasteiger partial charge >= 0.3 is 0 Å². The van der Waals surface area contributed by atoms with Crippen molar-refractivity contribution in [3.05, 3.63) is 21.9 Å². The van der Waals surface area contributed by atoms with Crippen LogP contribution in [0, 0.1) is 6.92 Å². The fourth-order valence-electron chi connectivity index (χ4n) is 0.605. The van der Waals surface area contributed by atoms with Gasteiger partial charge in [-0.25, -0.2) is 0 Å². The van der Waals surface area contributed by atoms with E-state index in [0.717, 1.165) is 0 Å². The highest BCUT2D eigenvalue weighted by molar-refractivity contribution is 7.10. The first-order valence-corrected chi connectivity index (χ1v) is 4.45. The van der Waals surface area contributed by atoms with Crippen LogP contribution in [0.15, 0.2) is 11.4 Å². The van der Waals surface area contributed by atoms with E-state index in [4.69, 9.17) is 5.73 Å². The van der Waals surface area contributed by atoms with Gasteiger partial charge in [0.2, 0.25) is 0 Å². The van der Waals surface area contributed by atoms with E-state index in [2.05, 4.69) is 18.4 Å². The van der Waals surface area contributed by atoms with Crippen LogP contribution in [0.2, 0.25) is 0 Å².